The highest BCUT2D eigenvalue weighted by Gasteiger charge is 2.41. The molecule has 6 rings (SSSR count). The highest BCUT2D eigenvalue weighted by atomic mass is 32.1. The number of hydrogen-bond acceptors (Lipinski definition) is 7. The van der Waals surface area contributed by atoms with Gasteiger partial charge in [-0.1, -0.05) is 6.07 Å². The number of piperidine rings is 3. The summed E-state index contributed by atoms with van der Waals surface area (Å²) >= 11 is 1.48. The number of carbonyl (C=O) groups excluding carboxylic acids is 1. The van der Waals surface area contributed by atoms with E-state index in [4.69, 9.17) is 19.4 Å². The lowest BCUT2D eigenvalue weighted by Crippen LogP contribution is -2.56. The Morgan fingerprint density at radius 2 is 2.03 bits per heavy atom. The van der Waals surface area contributed by atoms with E-state index in [1.807, 2.05) is 42.6 Å². The smallest absolute Gasteiger partial charge is 0.261 e. The first-order valence-corrected chi connectivity index (χ1v) is 12.6. The standard InChI is InChI=1S/C26H30N4O3S/c1-16-28-21(18-6-7-23(32-2)24(12-18)33-3)13-22(29-16)20-15-30-9-8-17(20)11-19(30)14-27-26(31)25-5-4-10-34-25/h4-7,10,12-13,17,19-20H,8-9,11,14-15H2,1-3H3,(H,27,31)/t17-,19+,20-/m0/s1. The SMILES string of the molecule is COc1ccc(-c2cc([C@H]3CN4CC[C@H]3C[C@@H]4CNC(=O)c3cccs3)nc(C)n2)cc1OC. The molecule has 1 amide bonds. The number of fused-ring (bicyclic) bond motifs is 3. The number of aromatic nitrogens is 2. The van der Waals surface area contributed by atoms with E-state index in [2.05, 4.69) is 16.3 Å². The first-order valence-electron chi connectivity index (χ1n) is 11.7. The van der Waals surface area contributed by atoms with E-state index in [0.717, 1.165) is 53.6 Å². The van der Waals surface area contributed by atoms with Gasteiger partial charge in [0.25, 0.3) is 5.91 Å². The third-order valence-electron chi connectivity index (χ3n) is 7.04. The highest BCUT2D eigenvalue weighted by Crippen LogP contribution is 2.42. The summed E-state index contributed by atoms with van der Waals surface area (Å²) in [5, 5.41) is 5.07. The van der Waals surface area contributed by atoms with Crippen molar-refractivity contribution in [2.24, 2.45) is 5.92 Å². The molecule has 4 atom stereocenters. The molecule has 3 fully saturated rings. The van der Waals surface area contributed by atoms with Crippen molar-refractivity contribution in [2.75, 3.05) is 33.9 Å². The molecule has 0 saturated carbocycles. The van der Waals surface area contributed by atoms with E-state index < -0.39 is 0 Å². The predicted molar refractivity (Wildman–Crippen MR) is 133 cm³/mol. The number of benzene rings is 1. The molecule has 2 aromatic heterocycles. The zero-order chi connectivity index (χ0) is 23.7. The van der Waals surface area contributed by atoms with Gasteiger partial charge in [-0.25, -0.2) is 9.97 Å². The molecule has 8 heteroatoms. The molecule has 2 bridgehead atoms. The van der Waals surface area contributed by atoms with Crippen molar-refractivity contribution >= 4 is 17.2 Å². The average Bonchev–Trinajstić information content (AvgIpc) is 3.42. The summed E-state index contributed by atoms with van der Waals surface area (Å²) in [4.78, 5) is 25.2. The van der Waals surface area contributed by atoms with Crippen LogP contribution >= 0.6 is 11.3 Å². The normalized spacial score (nSPS) is 23.5. The Morgan fingerprint density at radius 1 is 1.18 bits per heavy atom. The highest BCUT2D eigenvalue weighted by molar-refractivity contribution is 7.12. The summed E-state index contributed by atoms with van der Waals surface area (Å²) in [7, 11) is 3.28. The Morgan fingerprint density at radius 3 is 2.74 bits per heavy atom. The van der Waals surface area contributed by atoms with Crippen molar-refractivity contribution in [3.05, 3.63) is 58.2 Å². The molecule has 0 radical (unpaired) electrons. The van der Waals surface area contributed by atoms with E-state index in [0.29, 0.717) is 35.9 Å². The summed E-state index contributed by atoms with van der Waals surface area (Å²) < 4.78 is 10.9. The lowest BCUT2D eigenvalue weighted by atomic mass is 9.74. The molecule has 34 heavy (non-hydrogen) atoms. The van der Waals surface area contributed by atoms with Crippen molar-refractivity contribution < 1.29 is 14.3 Å². The summed E-state index contributed by atoms with van der Waals surface area (Å²) in [6.07, 6.45) is 2.24. The molecule has 3 aromatic rings. The molecule has 1 aromatic carbocycles. The maximum absolute atomic E-state index is 12.4. The van der Waals surface area contributed by atoms with E-state index >= 15 is 0 Å². The van der Waals surface area contributed by atoms with Crippen molar-refractivity contribution in [1.82, 2.24) is 20.2 Å². The van der Waals surface area contributed by atoms with Gasteiger partial charge in [0.2, 0.25) is 0 Å². The molecule has 7 nitrogen and oxygen atoms in total. The number of amides is 1. The first-order chi connectivity index (χ1) is 16.6. The molecular formula is C26H30N4O3S. The van der Waals surface area contributed by atoms with Gasteiger partial charge in [-0.3, -0.25) is 9.69 Å². The Hall–Kier alpha value is -2.97. The molecule has 178 valence electrons. The number of thiophene rings is 1. The van der Waals surface area contributed by atoms with Crippen molar-refractivity contribution in [3.63, 3.8) is 0 Å². The minimum atomic E-state index is 0.0279. The van der Waals surface area contributed by atoms with E-state index in [9.17, 15) is 4.79 Å². The van der Waals surface area contributed by atoms with Gasteiger partial charge < -0.3 is 14.8 Å². The number of methoxy groups -OCH3 is 2. The summed E-state index contributed by atoms with van der Waals surface area (Å²) in [6, 6.07) is 12.2. The topological polar surface area (TPSA) is 76.6 Å². The number of ether oxygens (including phenoxy) is 2. The third kappa shape index (κ3) is 4.52. The quantitative estimate of drug-likeness (QED) is 0.550. The second-order valence-corrected chi connectivity index (χ2v) is 9.97. The van der Waals surface area contributed by atoms with E-state index in [-0.39, 0.29) is 5.91 Å². The molecule has 1 unspecified atom stereocenters. The maximum Gasteiger partial charge on any atom is 0.261 e. The van der Waals surface area contributed by atoms with Crippen LogP contribution in [0.5, 0.6) is 11.5 Å². The molecule has 0 aliphatic carbocycles. The van der Waals surface area contributed by atoms with Gasteiger partial charge in [0.05, 0.1) is 24.8 Å². The van der Waals surface area contributed by atoms with Gasteiger partial charge in [0, 0.05) is 36.3 Å². The van der Waals surface area contributed by atoms with Crippen LogP contribution in [0.2, 0.25) is 0 Å². The minimum absolute atomic E-state index is 0.0279. The second-order valence-electron chi connectivity index (χ2n) is 9.02. The van der Waals surface area contributed by atoms with E-state index in [1.54, 1.807) is 14.2 Å². The Kier molecular flexibility index (Phi) is 6.52. The van der Waals surface area contributed by atoms with Crippen molar-refractivity contribution in [1.29, 1.82) is 0 Å². The lowest BCUT2D eigenvalue weighted by Gasteiger charge is -2.49. The van der Waals surface area contributed by atoms with Gasteiger partial charge in [0.1, 0.15) is 5.82 Å². The van der Waals surface area contributed by atoms with Crippen LogP contribution in [0, 0.1) is 12.8 Å². The van der Waals surface area contributed by atoms with Crippen LogP contribution in [0.25, 0.3) is 11.3 Å². The van der Waals surface area contributed by atoms with Crippen LogP contribution in [0.1, 0.15) is 39.9 Å². The van der Waals surface area contributed by atoms with Crippen LogP contribution in [0.15, 0.2) is 41.8 Å². The minimum Gasteiger partial charge on any atom is -0.493 e. The largest absolute Gasteiger partial charge is 0.493 e. The molecule has 5 heterocycles. The average molecular weight is 479 g/mol. The summed E-state index contributed by atoms with van der Waals surface area (Å²) in [5.41, 5.74) is 2.99. The lowest BCUT2D eigenvalue weighted by molar-refractivity contribution is 0.0290. The zero-order valence-corrected chi connectivity index (χ0v) is 20.6. The van der Waals surface area contributed by atoms with Gasteiger partial charge in [-0.05, 0) is 67.9 Å². The van der Waals surface area contributed by atoms with Gasteiger partial charge in [-0.15, -0.1) is 11.3 Å². The molecule has 3 aliphatic heterocycles. The maximum atomic E-state index is 12.4. The Balaban J connectivity index is 1.32. The van der Waals surface area contributed by atoms with Crippen molar-refractivity contribution in [2.45, 2.75) is 31.7 Å². The number of hydrogen-bond donors (Lipinski definition) is 1. The number of rotatable bonds is 7. The van der Waals surface area contributed by atoms with E-state index in [1.165, 1.54) is 11.3 Å². The second kappa shape index (κ2) is 9.72. The molecule has 3 aliphatic rings. The number of aryl methyl sites for hydroxylation is 1. The fourth-order valence-corrected chi connectivity index (χ4v) is 5.96. The number of carbonyl (C=O) groups is 1. The van der Waals surface area contributed by atoms with Crippen LogP contribution in [0.4, 0.5) is 0 Å². The zero-order valence-electron chi connectivity index (χ0n) is 19.8. The Bertz CT molecular complexity index is 1170. The summed E-state index contributed by atoms with van der Waals surface area (Å²) in [6.45, 7) is 4.69. The van der Waals surface area contributed by atoms with Crippen LogP contribution < -0.4 is 14.8 Å². The van der Waals surface area contributed by atoms with Gasteiger partial charge in [-0.2, -0.15) is 0 Å². The number of nitrogens with one attached hydrogen (secondary N) is 1. The molecular weight excluding hydrogens is 448 g/mol. The third-order valence-corrected chi connectivity index (χ3v) is 7.91. The fourth-order valence-electron chi connectivity index (χ4n) is 5.32. The van der Waals surface area contributed by atoms with Crippen LogP contribution in [-0.2, 0) is 0 Å². The predicted octanol–water partition coefficient (Wildman–Crippen LogP) is 4.14. The molecule has 1 N–H and O–H groups in total. The molecule has 0 spiro atoms. The van der Waals surface area contributed by atoms with Gasteiger partial charge >= 0.3 is 0 Å². The van der Waals surface area contributed by atoms with Crippen LogP contribution in [0.3, 0.4) is 0 Å². The fraction of sp³-hybridized carbons (Fsp3) is 0.423. The molecule has 3 saturated heterocycles. The van der Waals surface area contributed by atoms with Crippen LogP contribution in [-0.4, -0.2) is 60.7 Å². The number of nitrogens with zero attached hydrogens (tertiary/aromatic N) is 3. The Labute approximate surface area is 204 Å². The summed E-state index contributed by atoms with van der Waals surface area (Å²) in [5.74, 6) is 3.12. The van der Waals surface area contributed by atoms with Crippen molar-refractivity contribution in [3.8, 4) is 22.8 Å². The van der Waals surface area contributed by atoms with Gasteiger partial charge in [0.15, 0.2) is 11.5 Å². The first kappa shape index (κ1) is 22.8. The monoisotopic (exact) mass is 478 g/mol.